The van der Waals surface area contributed by atoms with Gasteiger partial charge in [-0.2, -0.15) is 4.31 Å². The van der Waals surface area contributed by atoms with Crippen molar-refractivity contribution in [1.82, 2.24) is 4.31 Å². The van der Waals surface area contributed by atoms with Crippen LogP contribution in [-0.2, 0) is 10.0 Å². The number of nitrogens with zero attached hydrogens (tertiary/aromatic N) is 1. The number of methoxy groups -OCH3 is 2. The summed E-state index contributed by atoms with van der Waals surface area (Å²) in [5.41, 5.74) is 0.862. The van der Waals surface area contributed by atoms with E-state index in [0.29, 0.717) is 29.5 Å². The standard InChI is InChI=1S/C12H15NO4S/c1-16-10-5-9-8-3-4-13(7-8)18(14,15)12(9)6-11(10)17-2/h5-6,8H,3-4,7H2,1-2H3/t8-/m1/s1. The van der Waals surface area contributed by atoms with Crippen LogP contribution >= 0.6 is 0 Å². The summed E-state index contributed by atoms with van der Waals surface area (Å²) in [6.45, 7) is 1.19. The van der Waals surface area contributed by atoms with Crippen LogP contribution in [0.5, 0.6) is 11.5 Å². The van der Waals surface area contributed by atoms with Crippen LogP contribution in [0.2, 0.25) is 0 Å². The highest BCUT2D eigenvalue weighted by molar-refractivity contribution is 7.89. The van der Waals surface area contributed by atoms with Crippen LogP contribution in [0.25, 0.3) is 0 Å². The van der Waals surface area contributed by atoms with Gasteiger partial charge in [0.25, 0.3) is 0 Å². The summed E-state index contributed by atoms with van der Waals surface area (Å²) >= 11 is 0. The third-order valence-corrected chi connectivity index (χ3v) is 5.65. The van der Waals surface area contributed by atoms with Crippen LogP contribution in [-0.4, -0.2) is 40.0 Å². The smallest absolute Gasteiger partial charge is 0.243 e. The average Bonchev–Trinajstić information content (AvgIpc) is 2.83. The Labute approximate surface area is 106 Å². The van der Waals surface area contributed by atoms with Gasteiger partial charge in [0, 0.05) is 25.1 Å². The fraction of sp³-hybridized carbons (Fsp3) is 0.500. The van der Waals surface area contributed by atoms with Crippen molar-refractivity contribution in [2.45, 2.75) is 17.2 Å². The molecule has 2 atom stereocenters. The summed E-state index contributed by atoms with van der Waals surface area (Å²) in [6.07, 6.45) is 0.877. The molecule has 3 rings (SSSR count). The lowest BCUT2D eigenvalue weighted by molar-refractivity contribution is 0.352. The number of rotatable bonds is 2. The molecule has 0 spiro atoms. The normalized spacial score (nSPS) is 27.7. The van der Waals surface area contributed by atoms with Gasteiger partial charge in [0.05, 0.1) is 19.1 Å². The molecule has 0 N–H and O–H groups in total. The van der Waals surface area contributed by atoms with Gasteiger partial charge < -0.3 is 9.47 Å². The first-order valence-corrected chi connectivity index (χ1v) is 7.28. The zero-order valence-corrected chi connectivity index (χ0v) is 11.2. The largest absolute Gasteiger partial charge is 0.493 e. The van der Waals surface area contributed by atoms with Crippen LogP contribution < -0.4 is 9.47 Å². The van der Waals surface area contributed by atoms with E-state index in [2.05, 4.69) is 0 Å². The van der Waals surface area contributed by atoms with Gasteiger partial charge >= 0.3 is 0 Å². The second kappa shape index (κ2) is 3.86. The van der Waals surface area contributed by atoms with Gasteiger partial charge in [0.15, 0.2) is 11.5 Å². The fourth-order valence-electron chi connectivity index (χ4n) is 2.76. The molecule has 0 aliphatic carbocycles. The first-order valence-electron chi connectivity index (χ1n) is 5.84. The minimum atomic E-state index is -3.35. The van der Waals surface area contributed by atoms with E-state index in [9.17, 15) is 8.42 Å². The van der Waals surface area contributed by atoms with Crippen molar-refractivity contribution in [2.24, 2.45) is 0 Å². The number of hydrogen-bond acceptors (Lipinski definition) is 4. The predicted molar refractivity (Wildman–Crippen MR) is 65.7 cm³/mol. The number of sulfonamides is 1. The topological polar surface area (TPSA) is 55.8 Å². The molecule has 0 aromatic heterocycles. The second-order valence-electron chi connectivity index (χ2n) is 4.59. The first-order chi connectivity index (χ1) is 8.57. The lowest BCUT2D eigenvalue weighted by atomic mass is 9.98. The Kier molecular flexibility index (Phi) is 2.53. The Morgan fingerprint density at radius 2 is 1.89 bits per heavy atom. The van der Waals surface area contributed by atoms with Crippen molar-refractivity contribution < 1.29 is 17.9 Å². The molecule has 0 saturated carbocycles. The first kappa shape index (κ1) is 11.8. The quantitative estimate of drug-likeness (QED) is 0.809. The molecule has 98 valence electrons. The summed E-state index contributed by atoms with van der Waals surface area (Å²) in [4.78, 5) is 0.369. The molecule has 6 heteroatoms. The van der Waals surface area contributed by atoms with Gasteiger partial charge in [-0.1, -0.05) is 0 Å². The highest BCUT2D eigenvalue weighted by atomic mass is 32.2. The molecule has 1 aromatic rings. The van der Waals surface area contributed by atoms with E-state index in [1.165, 1.54) is 7.11 Å². The molecule has 2 bridgehead atoms. The molecule has 5 nitrogen and oxygen atoms in total. The number of fused-ring (bicyclic) bond motifs is 4. The van der Waals surface area contributed by atoms with Crippen LogP contribution in [0.4, 0.5) is 0 Å². The van der Waals surface area contributed by atoms with E-state index in [0.717, 1.165) is 12.0 Å². The monoisotopic (exact) mass is 269 g/mol. The van der Waals surface area contributed by atoms with Gasteiger partial charge in [-0.15, -0.1) is 0 Å². The van der Waals surface area contributed by atoms with Crippen molar-refractivity contribution in [3.05, 3.63) is 17.7 Å². The molecule has 2 heterocycles. The summed E-state index contributed by atoms with van der Waals surface area (Å²) in [7, 11) is -0.284. The third-order valence-electron chi connectivity index (χ3n) is 3.72. The number of ether oxygens (including phenoxy) is 2. The Hall–Kier alpha value is -1.27. The zero-order valence-electron chi connectivity index (χ0n) is 10.3. The second-order valence-corrected chi connectivity index (χ2v) is 6.50. The van der Waals surface area contributed by atoms with E-state index in [1.54, 1.807) is 23.5 Å². The third kappa shape index (κ3) is 1.45. The molecule has 1 unspecified atom stereocenters. The predicted octanol–water partition coefficient (Wildman–Crippen LogP) is 1.20. The van der Waals surface area contributed by atoms with Crippen molar-refractivity contribution in [3.63, 3.8) is 0 Å². The zero-order chi connectivity index (χ0) is 12.9. The number of hydrogen-bond donors (Lipinski definition) is 0. The van der Waals surface area contributed by atoms with Crippen molar-refractivity contribution >= 4 is 10.0 Å². The molecule has 2 aliphatic heterocycles. The maximum atomic E-state index is 12.4. The molecule has 1 fully saturated rings. The number of benzene rings is 1. The Bertz CT molecular complexity index is 596. The SMILES string of the molecule is COc1cc2c(cc1OC)S(=O)(=O)N1CC[C@@H]2C1. The van der Waals surface area contributed by atoms with Crippen molar-refractivity contribution in [3.8, 4) is 11.5 Å². The Morgan fingerprint density at radius 1 is 1.22 bits per heavy atom. The fourth-order valence-corrected chi connectivity index (χ4v) is 4.54. The van der Waals surface area contributed by atoms with E-state index < -0.39 is 10.0 Å². The summed E-state index contributed by atoms with van der Waals surface area (Å²) < 4.78 is 36.7. The van der Waals surface area contributed by atoms with Crippen LogP contribution in [0.1, 0.15) is 17.9 Å². The Morgan fingerprint density at radius 3 is 2.56 bits per heavy atom. The van der Waals surface area contributed by atoms with Crippen molar-refractivity contribution in [2.75, 3.05) is 27.3 Å². The minimum Gasteiger partial charge on any atom is -0.493 e. The average molecular weight is 269 g/mol. The molecule has 1 aromatic carbocycles. The maximum absolute atomic E-state index is 12.4. The molecule has 0 amide bonds. The highest BCUT2D eigenvalue weighted by Gasteiger charge is 2.42. The molecule has 0 radical (unpaired) electrons. The molecule has 1 saturated heterocycles. The van der Waals surface area contributed by atoms with E-state index >= 15 is 0 Å². The lowest BCUT2D eigenvalue weighted by Crippen LogP contribution is -2.32. The van der Waals surface area contributed by atoms with Gasteiger partial charge in [-0.25, -0.2) is 8.42 Å². The summed E-state index contributed by atoms with van der Waals surface area (Å²) in [5.74, 6) is 1.33. The lowest BCUT2D eigenvalue weighted by Gasteiger charge is -2.26. The maximum Gasteiger partial charge on any atom is 0.243 e. The van der Waals surface area contributed by atoms with Crippen LogP contribution in [0, 0.1) is 0 Å². The van der Waals surface area contributed by atoms with Gasteiger partial charge in [0.1, 0.15) is 0 Å². The van der Waals surface area contributed by atoms with E-state index in [1.807, 2.05) is 0 Å². The summed E-state index contributed by atoms with van der Waals surface area (Å²) in [5, 5.41) is 0. The molecular weight excluding hydrogens is 254 g/mol. The highest BCUT2D eigenvalue weighted by Crippen LogP contribution is 2.44. The summed E-state index contributed by atoms with van der Waals surface area (Å²) in [6, 6.07) is 3.38. The molecule has 2 aliphatic rings. The van der Waals surface area contributed by atoms with E-state index in [-0.39, 0.29) is 5.92 Å². The molecule has 18 heavy (non-hydrogen) atoms. The van der Waals surface area contributed by atoms with Crippen LogP contribution in [0.15, 0.2) is 17.0 Å². The van der Waals surface area contributed by atoms with Crippen molar-refractivity contribution in [1.29, 1.82) is 0 Å². The van der Waals surface area contributed by atoms with Gasteiger partial charge in [0.2, 0.25) is 10.0 Å². The van der Waals surface area contributed by atoms with Gasteiger partial charge in [-0.05, 0) is 18.1 Å². The van der Waals surface area contributed by atoms with E-state index in [4.69, 9.17) is 9.47 Å². The minimum absolute atomic E-state index is 0.281. The van der Waals surface area contributed by atoms with Crippen LogP contribution in [0.3, 0.4) is 0 Å². The van der Waals surface area contributed by atoms with Gasteiger partial charge in [-0.3, -0.25) is 0 Å². The molecular formula is C12H15NO4S. The Balaban J connectivity index is 2.26.